The summed E-state index contributed by atoms with van der Waals surface area (Å²) in [6.07, 6.45) is 5.00. The van der Waals surface area contributed by atoms with Crippen molar-refractivity contribution in [1.82, 2.24) is 0 Å². The average Bonchev–Trinajstić information content (AvgIpc) is 2.11. The number of rotatable bonds is 4. The smallest absolute Gasteiger partial charge is 0.195 e. The van der Waals surface area contributed by atoms with E-state index in [-0.39, 0.29) is 11.0 Å². The Kier molecular flexibility index (Phi) is 6.13. The maximum absolute atomic E-state index is 11.5. The Balaban J connectivity index is 4.53. The Morgan fingerprint density at radius 2 is 2.00 bits per heavy atom. The third-order valence-corrected chi connectivity index (χ3v) is 2.89. The van der Waals surface area contributed by atoms with Crippen molar-refractivity contribution in [3.8, 4) is 0 Å². The van der Waals surface area contributed by atoms with Crippen LogP contribution in [0, 0.1) is 11.8 Å². The molecule has 0 aromatic heterocycles. The largest absolute Gasteiger partial charge is 0.287 e. The lowest BCUT2D eigenvalue weighted by Crippen LogP contribution is -2.15. The molecule has 0 aliphatic carbocycles. The first kappa shape index (κ1) is 12.8. The van der Waals surface area contributed by atoms with Gasteiger partial charge in [0.05, 0.1) is 0 Å². The molecule has 0 N–H and O–H groups in total. The van der Waals surface area contributed by atoms with Crippen molar-refractivity contribution in [3.63, 3.8) is 0 Å². The summed E-state index contributed by atoms with van der Waals surface area (Å²) in [5, 5.41) is 0.280. The van der Waals surface area contributed by atoms with Crippen LogP contribution in [0.4, 0.5) is 0 Å². The third kappa shape index (κ3) is 4.51. The van der Waals surface area contributed by atoms with Gasteiger partial charge in [0.2, 0.25) is 0 Å². The van der Waals surface area contributed by atoms with Crippen LogP contribution in [-0.4, -0.2) is 11.4 Å². The quantitative estimate of drug-likeness (QED) is 0.646. The van der Waals surface area contributed by atoms with Crippen LogP contribution in [-0.2, 0) is 4.79 Å². The van der Waals surface area contributed by atoms with Crippen LogP contribution in [0.5, 0.6) is 0 Å². The molecule has 1 atom stereocenters. The molecule has 0 aromatic rings. The average molecular weight is 200 g/mol. The van der Waals surface area contributed by atoms with Gasteiger partial charge in [-0.3, -0.25) is 4.79 Å². The molecule has 0 fully saturated rings. The van der Waals surface area contributed by atoms with E-state index in [1.165, 1.54) is 17.3 Å². The lowest BCUT2D eigenvalue weighted by atomic mass is 9.94. The Labute approximate surface area is 86.0 Å². The normalized spacial score (nSPS) is 14.8. The lowest BCUT2D eigenvalue weighted by molar-refractivity contribution is -0.114. The van der Waals surface area contributed by atoms with E-state index in [1.54, 1.807) is 0 Å². The molecular weight excluding hydrogens is 180 g/mol. The van der Waals surface area contributed by atoms with Crippen LogP contribution in [0.2, 0.25) is 0 Å². The van der Waals surface area contributed by atoms with Gasteiger partial charge in [-0.05, 0) is 25.5 Å². The van der Waals surface area contributed by atoms with E-state index >= 15 is 0 Å². The molecular formula is C11H20OS. The van der Waals surface area contributed by atoms with Gasteiger partial charge < -0.3 is 0 Å². The Morgan fingerprint density at radius 3 is 2.31 bits per heavy atom. The lowest BCUT2D eigenvalue weighted by Gasteiger charge is -2.15. The molecule has 1 unspecified atom stereocenters. The van der Waals surface area contributed by atoms with Gasteiger partial charge in [0, 0.05) is 5.92 Å². The van der Waals surface area contributed by atoms with E-state index in [2.05, 4.69) is 33.8 Å². The Bertz CT molecular complexity index is 194. The van der Waals surface area contributed by atoms with Crippen molar-refractivity contribution in [2.75, 3.05) is 6.26 Å². The summed E-state index contributed by atoms with van der Waals surface area (Å²) in [4.78, 5) is 11.5. The predicted molar refractivity (Wildman–Crippen MR) is 60.9 cm³/mol. The molecule has 0 aliphatic heterocycles. The van der Waals surface area contributed by atoms with Gasteiger partial charge in [-0.1, -0.05) is 44.2 Å². The van der Waals surface area contributed by atoms with E-state index in [0.29, 0.717) is 5.92 Å². The molecule has 76 valence electrons. The van der Waals surface area contributed by atoms with Crippen LogP contribution in [0.15, 0.2) is 11.6 Å². The second-order valence-corrected chi connectivity index (χ2v) is 4.47. The van der Waals surface area contributed by atoms with Gasteiger partial charge >= 0.3 is 0 Å². The number of hydrogen-bond donors (Lipinski definition) is 0. The summed E-state index contributed by atoms with van der Waals surface area (Å²) in [5.41, 5.74) is 1.31. The first-order chi connectivity index (χ1) is 6.02. The van der Waals surface area contributed by atoms with Crippen molar-refractivity contribution in [2.45, 2.75) is 34.1 Å². The Hall–Kier alpha value is -0.240. The minimum absolute atomic E-state index is 0.0925. The molecule has 0 aliphatic rings. The van der Waals surface area contributed by atoms with E-state index in [1.807, 2.05) is 6.26 Å². The molecule has 0 saturated heterocycles. The highest BCUT2D eigenvalue weighted by molar-refractivity contribution is 8.13. The number of carbonyl (C=O) groups excluding carboxylic acids is 1. The minimum atomic E-state index is 0.0925. The molecule has 2 heteroatoms. The zero-order valence-corrected chi connectivity index (χ0v) is 10.1. The Morgan fingerprint density at radius 1 is 1.46 bits per heavy atom. The van der Waals surface area contributed by atoms with Gasteiger partial charge in [0.15, 0.2) is 5.12 Å². The van der Waals surface area contributed by atoms with Crippen LogP contribution >= 0.6 is 11.8 Å². The molecule has 0 spiro atoms. The van der Waals surface area contributed by atoms with Crippen molar-refractivity contribution in [1.29, 1.82) is 0 Å². The third-order valence-electron chi connectivity index (χ3n) is 2.21. The van der Waals surface area contributed by atoms with Crippen molar-refractivity contribution in [3.05, 3.63) is 11.6 Å². The number of allylic oxidation sites excluding steroid dienone is 2. The van der Waals surface area contributed by atoms with E-state index in [4.69, 9.17) is 0 Å². The SMILES string of the molecule is CCC(C)=CC(C(=O)SC)C(C)C. The first-order valence-corrected chi connectivity index (χ1v) is 6.00. The van der Waals surface area contributed by atoms with Crippen LogP contribution in [0.25, 0.3) is 0 Å². The van der Waals surface area contributed by atoms with Gasteiger partial charge in [0.25, 0.3) is 0 Å². The standard InChI is InChI=1S/C11H20OS/c1-6-9(4)7-10(8(2)3)11(12)13-5/h7-8,10H,6H2,1-5H3. The summed E-state index contributed by atoms with van der Waals surface area (Å²) in [5.74, 6) is 0.497. The molecule has 1 nitrogen and oxygen atoms in total. The van der Waals surface area contributed by atoms with Crippen molar-refractivity contribution < 1.29 is 4.79 Å². The van der Waals surface area contributed by atoms with E-state index in [9.17, 15) is 4.79 Å². The molecule has 0 heterocycles. The fraction of sp³-hybridized carbons (Fsp3) is 0.727. The van der Waals surface area contributed by atoms with Crippen molar-refractivity contribution >= 4 is 16.9 Å². The fourth-order valence-electron chi connectivity index (χ4n) is 1.09. The fourth-order valence-corrected chi connectivity index (χ4v) is 1.71. The number of carbonyl (C=O) groups is 1. The summed E-state index contributed by atoms with van der Waals surface area (Å²) in [6, 6.07) is 0. The molecule has 13 heavy (non-hydrogen) atoms. The van der Waals surface area contributed by atoms with Gasteiger partial charge in [-0.2, -0.15) is 0 Å². The minimum Gasteiger partial charge on any atom is -0.287 e. The highest BCUT2D eigenvalue weighted by Gasteiger charge is 2.18. The zero-order chi connectivity index (χ0) is 10.4. The summed E-state index contributed by atoms with van der Waals surface area (Å²) < 4.78 is 0. The summed E-state index contributed by atoms with van der Waals surface area (Å²) in [7, 11) is 0. The maximum atomic E-state index is 11.5. The molecule has 0 saturated carbocycles. The molecule has 0 bridgehead atoms. The van der Waals surface area contributed by atoms with Gasteiger partial charge in [-0.15, -0.1) is 0 Å². The van der Waals surface area contributed by atoms with E-state index in [0.717, 1.165) is 6.42 Å². The summed E-state index contributed by atoms with van der Waals surface area (Å²) in [6.45, 7) is 8.40. The van der Waals surface area contributed by atoms with Crippen LogP contribution < -0.4 is 0 Å². The van der Waals surface area contributed by atoms with Crippen molar-refractivity contribution in [2.24, 2.45) is 11.8 Å². The highest BCUT2D eigenvalue weighted by Crippen LogP contribution is 2.21. The zero-order valence-electron chi connectivity index (χ0n) is 9.26. The molecule has 0 amide bonds. The van der Waals surface area contributed by atoms with Gasteiger partial charge in [-0.25, -0.2) is 0 Å². The second kappa shape index (κ2) is 6.25. The maximum Gasteiger partial charge on any atom is 0.195 e. The highest BCUT2D eigenvalue weighted by atomic mass is 32.2. The second-order valence-electron chi connectivity index (χ2n) is 3.66. The van der Waals surface area contributed by atoms with Crippen LogP contribution in [0.3, 0.4) is 0 Å². The monoisotopic (exact) mass is 200 g/mol. The topological polar surface area (TPSA) is 17.1 Å². The number of thioether (sulfide) groups is 1. The molecule has 0 rings (SSSR count). The predicted octanol–water partition coefficient (Wildman–Crippen LogP) is 3.50. The van der Waals surface area contributed by atoms with Gasteiger partial charge in [0.1, 0.15) is 0 Å². The molecule has 0 radical (unpaired) electrons. The number of hydrogen-bond acceptors (Lipinski definition) is 2. The molecule has 0 aromatic carbocycles. The van der Waals surface area contributed by atoms with Crippen LogP contribution in [0.1, 0.15) is 34.1 Å². The van der Waals surface area contributed by atoms with E-state index < -0.39 is 0 Å². The summed E-state index contributed by atoms with van der Waals surface area (Å²) >= 11 is 1.33. The first-order valence-electron chi connectivity index (χ1n) is 4.78.